The molecule has 0 radical (unpaired) electrons. The fourth-order valence-electron chi connectivity index (χ4n) is 4.42. The van der Waals surface area contributed by atoms with E-state index in [4.69, 9.17) is 0 Å². The molecule has 1 saturated heterocycles. The number of imidazole rings is 1. The molecule has 3 heterocycles. The van der Waals surface area contributed by atoms with E-state index in [1.165, 1.54) is 22.5 Å². The lowest BCUT2D eigenvalue weighted by molar-refractivity contribution is -0.130. The topological polar surface area (TPSA) is 53.9 Å². The van der Waals surface area contributed by atoms with Crippen LogP contribution in [0.2, 0.25) is 0 Å². The van der Waals surface area contributed by atoms with Crippen molar-refractivity contribution in [3.8, 4) is 0 Å². The van der Waals surface area contributed by atoms with Crippen LogP contribution in [0, 0.1) is 12.8 Å². The fraction of sp³-hybridized carbons (Fsp3) is 0.478. The first-order valence-electron chi connectivity index (χ1n) is 10.5. The Kier molecular flexibility index (Phi) is 5.51. The number of benzene rings is 1. The SMILES string of the molecule is CCCn1c(C)cnc1CC1CCN(C(=O)CCc2c[nH]c3ccccc23)C1. The first-order valence-corrected chi connectivity index (χ1v) is 10.5. The highest BCUT2D eigenvalue weighted by Gasteiger charge is 2.27. The van der Waals surface area contributed by atoms with Crippen LogP contribution in [0.1, 0.15) is 43.3 Å². The highest BCUT2D eigenvalue weighted by molar-refractivity contribution is 5.84. The van der Waals surface area contributed by atoms with Crippen LogP contribution in [-0.2, 0) is 24.2 Å². The van der Waals surface area contributed by atoms with Gasteiger partial charge in [-0.05, 0) is 43.7 Å². The van der Waals surface area contributed by atoms with Crippen LogP contribution in [0.5, 0.6) is 0 Å². The van der Waals surface area contributed by atoms with Crippen molar-refractivity contribution in [3.05, 3.63) is 53.7 Å². The third kappa shape index (κ3) is 3.84. The molecular formula is C23H30N4O. The van der Waals surface area contributed by atoms with E-state index in [-0.39, 0.29) is 5.91 Å². The Labute approximate surface area is 166 Å². The number of aryl methyl sites for hydroxylation is 2. The number of rotatable bonds is 7. The molecular weight excluding hydrogens is 348 g/mol. The Hall–Kier alpha value is -2.56. The molecule has 28 heavy (non-hydrogen) atoms. The van der Waals surface area contributed by atoms with Crippen molar-refractivity contribution >= 4 is 16.8 Å². The number of likely N-dealkylation sites (tertiary alicyclic amines) is 1. The molecule has 0 saturated carbocycles. The molecule has 1 amide bonds. The summed E-state index contributed by atoms with van der Waals surface area (Å²) < 4.78 is 2.33. The van der Waals surface area contributed by atoms with Gasteiger partial charge in [-0.2, -0.15) is 0 Å². The summed E-state index contributed by atoms with van der Waals surface area (Å²) in [7, 11) is 0. The number of para-hydroxylation sites is 1. The summed E-state index contributed by atoms with van der Waals surface area (Å²) in [4.78, 5) is 22.7. The quantitative estimate of drug-likeness (QED) is 0.673. The van der Waals surface area contributed by atoms with Crippen LogP contribution in [0.4, 0.5) is 0 Å². The molecule has 0 bridgehead atoms. The number of hydrogen-bond donors (Lipinski definition) is 1. The van der Waals surface area contributed by atoms with Crippen molar-refractivity contribution in [3.63, 3.8) is 0 Å². The number of H-pyrrole nitrogens is 1. The minimum atomic E-state index is 0.279. The lowest BCUT2D eigenvalue weighted by atomic mass is 10.0. The summed E-state index contributed by atoms with van der Waals surface area (Å²) in [5, 5.41) is 1.23. The van der Waals surface area contributed by atoms with E-state index in [9.17, 15) is 4.79 Å². The zero-order valence-corrected chi connectivity index (χ0v) is 16.9. The monoisotopic (exact) mass is 378 g/mol. The maximum atomic E-state index is 12.7. The number of nitrogens with zero attached hydrogens (tertiary/aromatic N) is 3. The molecule has 1 aromatic carbocycles. The predicted molar refractivity (Wildman–Crippen MR) is 112 cm³/mol. The Morgan fingerprint density at radius 3 is 3.04 bits per heavy atom. The highest BCUT2D eigenvalue weighted by Crippen LogP contribution is 2.23. The van der Waals surface area contributed by atoms with Crippen LogP contribution in [0.25, 0.3) is 10.9 Å². The maximum Gasteiger partial charge on any atom is 0.222 e. The van der Waals surface area contributed by atoms with E-state index in [2.05, 4.69) is 51.5 Å². The Morgan fingerprint density at radius 2 is 2.18 bits per heavy atom. The van der Waals surface area contributed by atoms with Gasteiger partial charge in [0.1, 0.15) is 5.82 Å². The van der Waals surface area contributed by atoms with E-state index >= 15 is 0 Å². The van der Waals surface area contributed by atoms with Gasteiger partial charge in [-0.3, -0.25) is 4.79 Å². The molecule has 1 unspecified atom stereocenters. The zero-order valence-electron chi connectivity index (χ0n) is 16.9. The Bertz CT molecular complexity index is 955. The number of carbonyl (C=O) groups is 1. The maximum absolute atomic E-state index is 12.7. The highest BCUT2D eigenvalue weighted by atomic mass is 16.2. The summed E-state index contributed by atoms with van der Waals surface area (Å²) in [6.45, 7) is 7.10. The summed E-state index contributed by atoms with van der Waals surface area (Å²) in [6, 6.07) is 8.29. The minimum absolute atomic E-state index is 0.279. The smallest absolute Gasteiger partial charge is 0.222 e. The van der Waals surface area contributed by atoms with Gasteiger partial charge in [0, 0.05) is 61.5 Å². The summed E-state index contributed by atoms with van der Waals surface area (Å²) >= 11 is 0. The molecule has 5 nitrogen and oxygen atoms in total. The van der Waals surface area contributed by atoms with Gasteiger partial charge in [0.05, 0.1) is 0 Å². The van der Waals surface area contributed by atoms with Gasteiger partial charge in [-0.1, -0.05) is 25.1 Å². The minimum Gasteiger partial charge on any atom is -0.361 e. The lowest BCUT2D eigenvalue weighted by Crippen LogP contribution is -2.29. The third-order valence-electron chi connectivity index (χ3n) is 5.98. The van der Waals surface area contributed by atoms with Crippen LogP contribution >= 0.6 is 0 Å². The Balaban J connectivity index is 1.32. The standard InChI is InChI=1S/C23H30N4O/c1-3-11-27-17(2)14-25-22(27)13-18-10-12-26(16-18)23(28)9-8-19-15-24-21-7-5-4-6-20(19)21/h4-7,14-15,18,24H,3,8-13,16H2,1-2H3. The van der Waals surface area contributed by atoms with Crippen molar-refractivity contribution in [1.82, 2.24) is 19.4 Å². The molecule has 3 aromatic rings. The average molecular weight is 379 g/mol. The van der Waals surface area contributed by atoms with E-state index in [1.54, 1.807) is 0 Å². The fourth-order valence-corrected chi connectivity index (χ4v) is 4.42. The second-order valence-corrected chi connectivity index (χ2v) is 8.03. The Morgan fingerprint density at radius 1 is 1.32 bits per heavy atom. The second kappa shape index (κ2) is 8.21. The number of nitrogens with one attached hydrogen (secondary N) is 1. The molecule has 4 rings (SSSR count). The number of aromatic nitrogens is 3. The van der Waals surface area contributed by atoms with Crippen molar-refractivity contribution in [1.29, 1.82) is 0 Å². The largest absolute Gasteiger partial charge is 0.361 e. The summed E-state index contributed by atoms with van der Waals surface area (Å²) in [6.07, 6.45) is 8.57. The molecule has 1 atom stereocenters. The molecule has 5 heteroatoms. The first-order chi connectivity index (χ1) is 13.7. The molecule has 0 spiro atoms. The van der Waals surface area contributed by atoms with Crippen molar-refractivity contribution < 1.29 is 4.79 Å². The number of hydrogen-bond acceptors (Lipinski definition) is 2. The molecule has 1 aliphatic rings. The number of amides is 1. The van der Waals surface area contributed by atoms with Gasteiger partial charge >= 0.3 is 0 Å². The molecule has 148 valence electrons. The third-order valence-corrected chi connectivity index (χ3v) is 5.98. The van der Waals surface area contributed by atoms with Crippen LogP contribution in [0.15, 0.2) is 36.7 Å². The number of aromatic amines is 1. The van der Waals surface area contributed by atoms with Crippen molar-refractivity contribution in [2.45, 2.75) is 52.5 Å². The van der Waals surface area contributed by atoms with E-state index in [0.29, 0.717) is 12.3 Å². The second-order valence-electron chi connectivity index (χ2n) is 8.03. The number of carbonyl (C=O) groups excluding carboxylic acids is 1. The van der Waals surface area contributed by atoms with E-state index in [1.807, 2.05) is 18.5 Å². The molecule has 1 fully saturated rings. The number of fused-ring (bicyclic) bond motifs is 1. The molecule has 1 N–H and O–H groups in total. The van der Waals surface area contributed by atoms with Gasteiger partial charge in [-0.15, -0.1) is 0 Å². The normalized spacial score (nSPS) is 16.9. The van der Waals surface area contributed by atoms with Gasteiger partial charge in [0.25, 0.3) is 0 Å². The molecule has 1 aliphatic heterocycles. The van der Waals surface area contributed by atoms with Gasteiger partial charge in [0.2, 0.25) is 5.91 Å². The van der Waals surface area contributed by atoms with Gasteiger partial charge in [0.15, 0.2) is 0 Å². The van der Waals surface area contributed by atoms with E-state index < -0.39 is 0 Å². The molecule has 2 aromatic heterocycles. The lowest BCUT2D eigenvalue weighted by Gasteiger charge is -2.17. The summed E-state index contributed by atoms with van der Waals surface area (Å²) in [5.74, 6) is 1.98. The van der Waals surface area contributed by atoms with Crippen molar-refractivity contribution in [2.75, 3.05) is 13.1 Å². The molecule has 0 aliphatic carbocycles. The van der Waals surface area contributed by atoms with E-state index in [0.717, 1.165) is 50.8 Å². The van der Waals surface area contributed by atoms with Crippen molar-refractivity contribution in [2.24, 2.45) is 5.92 Å². The van der Waals surface area contributed by atoms with Gasteiger partial charge < -0.3 is 14.5 Å². The average Bonchev–Trinajstić information content (AvgIpc) is 3.42. The van der Waals surface area contributed by atoms with Crippen LogP contribution in [0.3, 0.4) is 0 Å². The zero-order chi connectivity index (χ0) is 19.5. The van der Waals surface area contributed by atoms with Crippen LogP contribution < -0.4 is 0 Å². The summed E-state index contributed by atoms with van der Waals surface area (Å²) in [5.41, 5.74) is 3.61. The predicted octanol–water partition coefficient (Wildman–Crippen LogP) is 4.11. The van der Waals surface area contributed by atoms with Gasteiger partial charge in [-0.25, -0.2) is 4.98 Å². The first kappa shape index (κ1) is 18.8. The van der Waals surface area contributed by atoms with Crippen LogP contribution in [-0.4, -0.2) is 38.4 Å².